The van der Waals surface area contributed by atoms with Gasteiger partial charge >= 0.3 is 5.25 Å². The number of phenolic OH excluding ortho intramolecular Hbond substituents is 1. The molecular weight excluding hydrogens is 526 g/mol. The van der Waals surface area contributed by atoms with Gasteiger partial charge in [0, 0.05) is 36.8 Å². The number of nitrogens with zero attached hydrogens (tertiary/aromatic N) is 1. The number of sulfone groups is 2. The van der Waals surface area contributed by atoms with E-state index in [2.05, 4.69) is 10.3 Å². The van der Waals surface area contributed by atoms with Gasteiger partial charge in [0.25, 0.3) is 5.91 Å². The lowest BCUT2D eigenvalue weighted by Crippen LogP contribution is -2.25. The second kappa shape index (κ2) is 9.49. The Bertz CT molecular complexity index is 1620. The summed E-state index contributed by atoms with van der Waals surface area (Å²) in [5, 5.41) is 9.70. The highest BCUT2D eigenvalue weighted by Gasteiger charge is 2.40. The molecule has 3 aromatic rings. The predicted molar refractivity (Wildman–Crippen MR) is 136 cm³/mol. The van der Waals surface area contributed by atoms with Crippen molar-refractivity contribution < 1.29 is 35.5 Å². The zero-order chi connectivity index (χ0) is 28.1. The molecule has 0 unspecified atom stereocenters. The quantitative estimate of drug-likeness (QED) is 0.452. The van der Waals surface area contributed by atoms with Crippen molar-refractivity contribution in [1.82, 2.24) is 4.98 Å². The lowest BCUT2D eigenvalue weighted by molar-refractivity contribution is 0.102. The highest BCUT2D eigenvalue weighted by Crippen LogP contribution is 2.41. The Labute approximate surface area is 214 Å². The van der Waals surface area contributed by atoms with Gasteiger partial charge in [0.15, 0.2) is 9.84 Å². The van der Waals surface area contributed by atoms with Gasteiger partial charge in [-0.05, 0) is 79.8 Å². The third-order valence-electron chi connectivity index (χ3n) is 5.96. The van der Waals surface area contributed by atoms with Crippen LogP contribution in [0.15, 0.2) is 46.5 Å². The number of anilines is 1. The fourth-order valence-electron chi connectivity index (χ4n) is 4.06. The third-order valence-corrected chi connectivity index (χ3v) is 9.00. The van der Waals surface area contributed by atoms with Gasteiger partial charge in [-0.1, -0.05) is 0 Å². The van der Waals surface area contributed by atoms with Crippen LogP contribution in [0.3, 0.4) is 0 Å². The Kier molecular flexibility index (Phi) is 7.23. The van der Waals surface area contributed by atoms with E-state index < -0.39 is 41.5 Å². The molecular formula is C25H26F2N2O6S2. The number of hydrogen-bond donors (Lipinski definition) is 2. The van der Waals surface area contributed by atoms with Gasteiger partial charge in [-0.25, -0.2) is 16.8 Å². The van der Waals surface area contributed by atoms with E-state index >= 15 is 0 Å². The standard InChI is InChI=1S/C25H26F2N2O6S2/c1-13-9-17(37(34,35)25(5,26)27)7-8-19(13)29-24(31)22-16(4)20(36(6,32)33)10-18(23(22)30)21-14(2)11-28-12-15(21)3/h7-12,30H,1-6H3,(H,29,31). The van der Waals surface area contributed by atoms with E-state index in [0.717, 1.165) is 24.5 Å². The van der Waals surface area contributed by atoms with Crippen LogP contribution in [0.4, 0.5) is 14.5 Å². The molecule has 198 valence electrons. The van der Waals surface area contributed by atoms with Crippen LogP contribution >= 0.6 is 0 Å². The summed E-state index contributed by atoms with van der Waals surface area (Å²) < 4.78 is 76.4. The highest BCUT2D eigenvalue weighted by molar-refractivity contribution is 7.92. The van der Waals surface area contributed by atoms with E-state index in [1.807, 2.05) is 0 Å². The molecule has 1 heterocycles. The molecule has 37 heavy (non-hydrogen) atoms. The number of aromatic nitrogens is 1. The number of benzene rings is 2. The van der Waals surface area contributed by atoms with Gasteiger partial charge in [0.05, 0.1) is 15.4 Å². The summed E-state index contributed by atoms with van der Waals surface area (Å²) in [5.41, 5.74) is 1.88. The summed E-state index contributed by atoms with van der Waals surface area (Å²) in [6.45, 7) is 6.53. The van der Waals surface area contributed by atoms with E-state index in [0.29, 0.717) is 16.7 Å². The average Bonchev–Trinajstić information content (AvgIpc) is 2.74. The second-order valence-corrected chi connectivity index (χ2v) is 13.1. The number of aromatic hydroxyl groups is 1. The summed E-state index contributed by atoms with van der Waals surface area (Å²) in [4.78, 5) is 16.7. The zero-order valence-corrected chi connectivity index (χ0v) is 22.6. The highest BCUT2D eigenvalue weighted by atomic mass is 32.2. The smallest absolute Gasteiger partial charge is 0.347 e. The van der Waals surface area contributed by atoms with Crippen LogP contribution in [0, 0.1) is 27.7 Å². The number of alkyl halides is 2. The summed E-state index contributed by atoms with van der Waals surface area (Å²) in [5.74, 6) is -1.33. The Balaban J connectivity index is 2.18. The fourth-order valence-corrected chi connectivity index (χ4v) is 6.04. The molecule has 12 heteroatoms. The van der Waals surface area contributed by atoms with Crippen molar-refractivity contribution in [2.24, 2.45) is 0 Å². The zero-order valence-electron chi connectivity index (χ0n) is 21.0. The maximum absolute atomic E-state index is 13.6. The Morgan fingerprint density at radius 2 is 1.54 bits per heavy atom. The first-order valence-corrected chi connectivity index (χ1v) is 14.3. The van der Waals surface area contributed by atoms with Crippen molar-refractivity contribution in [1.29, 1.82) is 0 Å². The molecule has 1 amide bonds. The van der Waals surface area contributed by atoms with Crippen molar-refractivity contribution >= 4 is 31.3 Å². The first kappa shape index (κ1) is 28.2. The molecule has 2 N–H and O–H groups in total. The van der Waals surface area contributed by atoms with E-state index in [4.69, 9.17) is 0 Å². The predicted octanol–water partition coefficient (Wildman–Crippen LogP) is 4.73. The van der Waals surface area contributed by atoms with Gasteiger partial charge in [-0.15, -0.1) is 0 Å². The number of carbonyl (C=O) groups is 1. The first-order valence-electron chi connectivity index (χ1n) is 10.9. The molecule has 0 aliphatic heterocycles. The Morgan fingerprint density at radius 3 is 2.03 bits per heavy atom. The van der Waals surface area contributed by atoms with Crippen LogP contribution in [-0.4, -0.2) is 44.3 Å². The molecule has 0 bridgehead atoms. The van der Waals surface area contributed by atoms with Gasteiger partial charge in [0.2, 0.25) is 9.84 Å². The molecule has 2 aromatic carbocycles. The molecule has 0 aliphatic carbocycles. The molecule has 3 rings (SSSR count). The van der Waals surface area contributed by atoms with Crippen molar-refractivity contribution in [2.75, 3.05) is 11.6 Å². The number of hydrogen-bond acceptors (Lipinski definition) is 7. The molecule has 8 nitrogen and oxygen atoms in total. The van der Waals surface area contributed by atoms with Gasteiger partial charge in [-0.2, -0.15) is 8.78 Å². The molecule has 0 atom stereocenters. The molecule has 0 saturated carbocycles. The van der Waals surface area contributed by atoms with Crippen LogP contribution in [0.1, 0.15) is 39.5 Å². The SMILES string of the molecule is Cc1cc(S(=O)(=O)C(C)(F)F)ccc1NC(=O)c1c(C)c(S(C)(=O)=O)cc(-c2c(C)cncc2C)c1O. The summed E-state index contributed by atoms with van der Waals surface area (Å²) in [6, 6.07) is 4.39. The number of halogens is 2. The van der Waals surface area contributed by atoms with Crippen LogP contribution < -0.4 is 5.32 Å². The number of carbonyl (C=O) groups excluding carboxylic acids is 1. The van der Waals surface area contributed by atoms with Gasteiger partial charge in [-0.3, -0.25) is 9.78 Å². The van der Waals surface area contributed by atoms with E-state index in [9.17, 15) is 35.5 Å². The average molecular weight is 553 g/mol. The van der Waals surface area contributed by atoms with Crippen molar-refractivity contribution in [2.45, 2.75) is 49.7 Å². The Hall–Kier alpha value is -3.38. The lowest BCUT2D eigenvalue weighted by Gasteiger charge is -2.19. The van der Waals surface area contributed by atoms with Crippen LogP contribution in [0.2, 0.25) is 0 Å². The summed E-state index contributed by atoms with van der Waals surface area (Å²) >= 11 is 0. The molecule has 1 aromatic heterocycles. The van der Waals surface area contributed by atoms with E-state index in [1.54, 1.807) is 26.2 Å². The van der Waals surface area contributed by atoms with Crippen LogP contribution in [0.25, 0.3) is 11.1 Å². The molecule has 0 fully saturated rings. The number of aryl methyl sites for hydroxylation is 3. The lowest BCUT2D eigenvalue weighted by atomic mass is 9.93. The third kappa shape index (κ3) is 5.21. The minimum atomic E-state index is -4.93. The number of pyridine rings is 1. The normalized spacial score (nSPS) is 12.4. The number of phenols is 1. The maximum atomic E-state index is 13.6. The second-order valence-electron chi connectivity index (χ2n) is 8.93. The van der Waals surface area contributed by atoms with E-state index in [1.165, 1.54) is 19.9 Å². The largest absolute Gasteiger partial charge is 0.506 e. The minimum absolute atomic E-state index is 0.00749. The van der Waals surface area contributed by atoms with Gasteiger partial charge < -0.3 is 10.4 Å². The summed E-state index contributed by atoms with van der Waals surface area (Å²) in [7, 11) is -8.76. The number of nitrogens with one attached hydrogen (secondary N) is 1. The van der Waals surface area contributed by atoms with Crippen molar-refractivity contribution in [3.05, 3.63) is 64.5 Å². The topological polar surface area (TPSA) is 130 Å². The molecule has 0 spiro atoms. The number of rotatable bonds is 6. The van der Waals surface area contributed by atoms with Gasteiger partial charge in [0.1, 0.15) is 5.75 Å². The molecule has 0 saturated heterocycles. The monoisotopic (exact) mass is 552 g/mol. The van der Waals surface area contributed by atoms with Crippen molar-refractivity contribution in [3.63, 3.8) is 0 Å². The van der Waals surface area contributed by atoms with Crippen LogP contribution in [-0.2, 0) is 19.7 Å². The number of amides is 1. The fraction of sp³-hybridized carbons (Fsp3) is 0.280. The summed E-state index contributed by atoms with van der Waals surface area (Å²) in [6.07, 6.45) is 4.07. The molecule has 0 radical (unpaired) electrons. The van der Waals surface area contributed by atoms with Crippen molar-refractivity contribution in [3.8, 4) is 16.9 Å². The first-order chi connectivity index (χ1) is 16.9. The maximum Gasteiger partial charge on any atom is 0.347 e. The molecule has 0 aliphatic rings. The van der Waals surface area contributed by atoms with Crippen LogP contribution in [0.5, 0.6) is 5.75 Å². The van der Waals surface area contributed by atoms with E-state index in [-0.39, 0.29) is 39.8 Å². The Morgan fingerprint density at radius 1 is 0.973 bits per heavy atom. The minimum Gasteiger partial charge on any atom is -0.506 e.